The SMILES string of the molecule is Cc1occc1-c1nnc(SCC(=O)N2CCCC[C@H]2C)o1. The maximum Gasteiger partial charge on any atom is 0.277 e. The predicted octanol–water partition coefficient (Wildman–Crippen LogP) is 3.13. The number of likely N-dealkylation sites (tertiary alicyclic amines) is 1. The zero-order valence-electron chi connectivity index (χ0n) is 12.7. The number of furan rings is 1. The Kier molecular flexibility index (Phi) is 4.52. The summed E-state index contributed by atoms with van der Waals surface area (Å²) < 4.78 is 10.8. The molecule has 1 aliphatic rings. The first-order chi connectivity index (χ1) is 10.6. The third-order valence-electron chi connectivity index (χ3n) is 3.94. The summed E-state index contributed by atoms with van der Waals surface area (Å²) in [6, 6.07) is 2.12. The van der Waals surface area contributed by atoms with Crippen molar-refractivity contribution in [1.29, 1.82) is 0 Å². The molecule has 1 saturated heterocycles. The van der Waals surface area contributed by atoms with Crippen molar-refractivity contribution in [3.05, 3.63) is 18.1 Å². The van der Waals surface area contributed by atoms with E-state index < -0.39 is 0 Å². The van der Waals surface area contributed by atoms with Gasteiger partial charge in [-0.1, -0.05) is 11.8 Å². The number of hydrogen-bond donors (Lipinski definition) is 0. The van der Waals surface area contributed by atoms with Gasteiger partial charge in [-0.25, -0.2) is 0 Å². The molecule has 1 fully saturated rings. The first-order valence-electron chi connectivity index (χ1n) is 7.45. The highest BCUT2D eigenvalue weighted by molar-refractivity contribution is 7.99. The van der Waals surface area contributed by atoms with Crippen molar-refractivity contribution in [2.24, 2.45) is 0 Å². The second-order valence-electron chi connectivity index (χ2n) is 5.48. The number of rotatable bonds is 4. The minimum Gasteiger partial charge on any atom is -0.469 e. The highest BCUT2D eigenvalue weighted by Crippen LogP contribution is 2.27. The van der Waals surface area contributed by atoms with Gasteiger partial charge >= 0.3 is 0 Å². The van der Waals surface area contributed by atoms with E-state index in [2.05, 4.69) is 17.1 Å². The summed E-state index contributed by atoms with van der Waals surface area (Å²) >= 11 is 1.29. The molecule has 0 saturated carbocycles. The van der Waals surface area contributed by atoms with Crippen LogP contribution >= 0.6 is 11.8 Å². The second-order valence-corrected chi connectivity index (χ2v) is 6.41. The van der Waals surface area contributed by atoms with E-state index in [0.29, 0.717) is 22.9 Å². The van der Waals surface area contributed by atoms with E-state index in [-0.39, 0.29) is 5.91 Å². The zero-order valence-corrected chi connectivity index (χ0v) is 13.6. The predicted molar refractivity (Wildman–Crippen MR) is 82.5 cm³/mol. The molecule has 3 rings (SSSR count). The smallest absolute Gasteiger partial charge is 0.277 e. The average Bonchev–Trinajstić information content (AvgIpc) is 3.13. The highest BCUT2D eigenvalue weighted by atomic mass is 32.2. The molecular formula is C15H19N3O3S. The Labute approximate surface area is 133 Å². The van der Waals surface area contributed by atoms with Crippen LogP contribution in [-0.2, 0) is 4.79 Å². The van der Waals surface area contributed by atoms with Crippen LogP contribution in [0.1, 0.15) is 31.9 Å². The quantitative estimate of drug-likeness (QED) is 0.806. The minimum absolute atomic E-state index is 0.136. The maximum absolute atomic E-state index is 12.3. The van der Waals surface area contributed by atoms with E-state index in [9.17, 15) is 4.79 Å². The molecule has 6 nitrogen and oxygen atoms in total. The van der Waals surface area contributed by atoms with E-state index in [1.165, 1.54) is 18.2 Å². The number of hydrogen-bond acceptors (Lipinski definition) is 6. The van der Waals surface area contributed by atoms with Crippen molar-refractivity contribution in [3.63, 3.8) is 0 Å². The van der Waals surface area contributed by atoms with Crippen LogP contribution in [0.5, 0.6) is 0 Å². The highest BCUT2D eigenvalue weighted by Gasteiger charge is 2.23. The molecule has 1 aliphatic heterocycles. The average molecular weight is 321 g/mol. The standard InChI is InChI=1S/C15H19N3O3S/c1-10-5-3-4-7-18(10)13(19)9-22-15-17-16-14(21-15)12-6-8-20-11(12)2/h6,8,10H,3-5,7,9H2,1-2H3/t10-/m1/s1. The van der Waals surface area contributed by atoms with Gasteiger partial charge in [-0.05, 0) is 39.2 Å². The van der Waals surface area contributed by atoms with Gasteiger partial charge < -0.3 is 13.7 Å². The Balaban J connectivity index is 1.59. The lowest BCUT2D eigenvalue weighted by Gasteiger charge is -2.33. The molecule has 22 heavy (non-hydrogen) atoms. The summed E-state index contributed by atoms with van der Waals surface area (Å²) in [4.78, 5) is 14.2. The fraction of sp³-hybridized carbons (Fsp3) is 0.533. The number of thioether (sulfide) groups is 1. The van der Waals surface area contributed by atoms with Crippen LogP contribution in [0.4, 0.5) is 0 Å². The summed E-state index contributed by atoms with van der Waals surface area (Å²) in [6.07, 6.45) is 4.96. The van der Waals surface area contributed by atoms with Gasteiger partial charge in [0.05, 0.1) is 17.6 Å². The molecule has 0 aromatic carbocycles. The summed E-state index contributed by atoms with van der Waals surface area (Å²) in [5.41, 5.74) is 0.787. The van der Waals surface area contributed by atoms with E-state index >= 15 is 0 Å². The Hall–Kier alpha value is -1.76. The lowest BCUT2D eigenvalue weighted by atomic mass is 10.0. The first kappa shape index (κ1) is 15.1. The lowest BCUT2D eigenvalue weighted by Crippen LogP contribution is -2.42. The number of amides is 1. The van der Waals surface area contributed by atoms with Crippen molar-refractivity contribution in [2.45, 2.75) is 44.4 Å². The molecule has 0 N–H and O–H groups in total. The second kappa shape index (κ2) is 6.56. The van der Waals surface area contributed by atoms with Crippen LogP contribution in [0.3, 0.4) is 0 Å². The third kappa shape index (κ3) is 3.19. The van der Waals surface area contributed by atoms with Crippen molar-refractivity contribution >= 4 is 17.7 Å². The summed E-state index contributed by atoms with van der Waals surface area (Å²) in [7, 11) is 0. The van der Waals surface area contributed by atoms with Gasteiger partial charge in [0.2, 0.25) is 5.91 Å². The van der Waals surface area contributed by atoms with Gasteiger partial charge in [0.15, 0.2) is 0 Å². The molecular weight excluding hydrogens is 302 g/mol. The van der Waals surface area contributed by atoms with Crippen molar-refractivity contribution < 1.29 is 13.6 Å². The van der Waals surface area contributed by atoms with Crippen molar-refractivity contribution in [2.75, 3.05) is 12.3 Å². The zero-order chi connectivity index (χ0) is 15.5. The molecule has 0 radical (unpaired) electrons. The number of carbonyl (C=O) groups excluding carboxylic acids is 1. The molecule has 0 bridgehead atoms. The Morgan fingerprint density at radius 3 is 3.05 bits per heavy atom. The number of piperidine rings is 1. The van der Waals surface area contributed by atoms with Crippen LogP contribution in [0.15, 0.2) is 26.4 Å². The summed E-state index contributed by atoms with van der Waals surface area (Å²) in [6.45, 7) is 4.80. The van der Waals surface area contributed by atoms with Gasteiger partial charge in [-0.15, -0.1) is 10.2 Å². The normalized spacial score (nSPS) is 18.6. The third-order valence-corrected chi connectivity index (χ3v) is 4.74. The molecule has 2 aromatic heterocycles. The molecule has 7 heteroatoms. The first-order valence-corrected chi connectivity index (χ1v) is 8.44. The summed E-state index contributed by atoms with van der Waals surface area (Å²) in [5, 5.41) is 8.40. The molecule has 3 heterocycles. The van der Waals surface area contributed by atoms with Crippen LogP contribution in [-0.4, -0.2) is 39.3 Å². The maximum atomic E-state index is 12.3. The van der Waals surface area contributed by atoms with Crippen LogP contribution in [0, 0.1) is 6.92 Å². The van der Waals surface area contributed by atoms with E-state index in [1.807, 2.05) is 11.8 Å². The van der Waals surface area contributed by atoms with Gasteiger partial charge in [-0.2, -0.15) is 0 Å². The molecule has 1 atom stereocenters. The van der Waals surface area contributed by atoms with Crippen LogP contribution in [0.2, 0.25) is 0 Å². The Bertz CT molecular complexity index is 652. The number of carbonyl (C=O) groups is 1. The number of nitrogens with zero attached hydrogens (tertiary/aromatic N) is 3. The monoisotopic (exact) mass is 321 g/mol. The van der Waals surface area contributed by atoms with Crippen molar-refractivity contribution in [3.8, 4) is 11.5 Å². The number of aryl methyl sites for hydroxylation is 1. The van der Waals surface area contributed by atoms with E-state index in [1.54, 1.807) is 12.3 Å². The summed E-state index contributed by atoms with van der Waals surface area (Å²) in [5.74, 6) is 1.62. The largest absolute Gasteiger partial charge is 0.469 e. The molecule has 0 aliphatic carbocycles. The lowest BCUT2D eigenvalue weighted by molar-refractivity contribution is -0.131. The van der Waals surface area contributed by atoms with Gasteiger partial charge in [0.1, 0.15) is 5.76 Å². The van der Waals surface area contributed by atoms with Crippen molar-refractivity contribution in [1.82, 2.24) is 15.1 Å². The van der Waals surface area contributed by atoms with E-state index in [4.69, 9.17) is 8.83 Å². The molecule has 1 amide bonds. The van der Waals surface area contributed by atoms with Crippen LogP contribution < -0.4 is 0 Å². The number of aromatic nitrogens is 2. The Morgan fingerprint density at radius 1 is 1.45 bits per heavy atom. The minimum atomic E-state index is 0.136. The topological polar surface area (TPSA) is 72.4 Å². The Morgan fingerprint density at radius 2 is 2.32 bits per heavy atom. The fourth-order valence-electron chi connectivity index (χ4n) is 2.66. The van der Waals surface area contributed by atoms with Gasteiger partial charge in [0, 0.05) is 12.6 Å². The molecule has 118 valence electrons. The van der Waals surface area contributed by atoms with Gasteiger partial charge in [-0.3, -0.25) is 4.79 Å². The van der Waals surface area contributed by atoms with Gasteiger partial charge in [0.25, 0.3) is 11.1 Å². The van der Waals surface area contributed by atoms with E-state index in [0.717, 1.165) is 30.7 Å². The molecule has 2 aromatic rings. The van der Waals surface area contributed by atoms with Crippen LogP contribution in [0.25, 0.3) is 11.5 Å². The fourth-order valence-corrected chi connectivity index (χ4v) is 3.31. The molecule has 0 spiro atoms. The molecule has 0 unspecified atom stereocenters.